The predicted molar refractivity (Wildman–Crippen MR) is 414 cm³/mol. The van der Waals surface area contributed by atoms with Crippen LogP contribution in [0.1, 0.15) is 122 Å². The van der Waals surface area contributed by atoms with E-state index in [1.807, 2.05) is 117 Å². The molecule has 6 unspecified atom stereocenters. The van der Waals surface area contributed by atoms with Gasteiger partial charge >= 0.3 is 19.2 Å². The van der Waals surface area contributed by atoms with E-state index >= 15 is 4.57 Å². The quantitative estimate of drug-likeness (QED) is 0.0206. The molecule has 0 spiro atoms. The highest BCUT2D eigenvalue weighted by atomic mass is 35.5. The number of imidazole rings is 1. The van der Waals surface area contributed by atoms with Gasteiger partial charge in [0.1, 0.15) is 60.1 Å². The third-order valence-corrected chi connectivity index (χ3v) is 23.8. The van der Waals surface area contributed by atoms with Gasteiger partial charge in [0.2, 0.25) is 0 Å². The van der Waals surface area contributed by atoms with Gasteiger partial charge in [0.15, 0.2) is 17.0 Å². The van der Waals surface area contributed by atoms with Crippen molar-refractivity contribution in [2.24, 2.45) is 5.92 Å². The topological polar surface area (TPSA) is 328 Å². The molecule has 12 atom stereocenters. The van der Waals surface area contributed by atoms with E-state index in [1.54, 1.807) is 92.7 Å². The molecule has 0 aliphatic carbocycles. The predicted octanol–water partition coefficient (Wildman–Crippen LogP) is 13.6. The first-order chi connectivity index (χ1) is 53.5. The number of aryl methyl sites for hydroxylation is 2. The average Bonchev–Trinajstić information content (AvgIpc) is 1.46. The lowest BCUT2D eigenvalue weighted by molar-refractivity contribution is -0.0954. The minimum Gasteiger partial charge on any atom is -0.497 e. The second-order valence-corrected chi connectivity index (χ2v) is 31.3. The van der Waals surface area contributed by atoms with Crippen LogP contribution in [0.5, 0.6) is 17.2 Å². The zero-order valence-electron chi connectivity index (χ0n) is 61.9. The average molecular weight is 1590 g/mol. The highest BCUT2D eigenvalue weighted by Gasteiger charge is 2.55. The summed E-state index contributed by atoms with van der Waals surface area (Å²) in [6.45, 7) is 10.1. The van der Waals surface area contributed by atoms with Gasteiger partial charge in [0.05, 0.1) is 76.2 Å². The summed E-state index contributed by atoms with van der Waals surface area (Å²) in [7, 11) is -4.07. The van der Waals surface area contributed by atoms with Crippen LogP contribution in [0.25, 0.3) is 11.2 Å². The minimum absolute atomic E-state index is 0.00607. The fraction of sp³-hybridized carbons (Fsp3) is 0.354. The van der Waals surface area contributed by atoms with Crippen LogP contribution in [0.15, 0.2) is 202 Å². The number of aromatic amines is 2. The molecular formula is C79H83Cl2N11O17P2. The fourth-order valence-electron chi connectivity index (χ4n) is 14.5. The Balaban J connectivity index is 0.955. The molecule has 111 heavy (non-hydrogen) atoms. The molecule has 0 bridgehead atoms. The first kappa shape index (κ1) is 79.6. The summed E-state index contributed by atoms with van der Waals surface area (Å²) in [6.07, 6.45) is -3.93. The van der Waals surface area contributed by atoms with Crippen molar-refractivity contribution in [3.05, 3.63) is 273 Å². The van der Waals surface area contributed by atoms with Crippen molar-refractivity contribution in [2.45, 2.75) is 140 Å². The number of halogens is 2. The summed E-state index contributed by atoms with van der Waals surface area (Å²) in [4.78, 5) is 86.8. The van der Waals surface area contributed by atoms with E-state index < -0.39 is 118 Å². The summed E-state index contributed by atoms with van der Waals surface area (Å²) >= 11 is 14.1. The molecule has 28 nitrogen and oxygen atoms in total. The smallest absolute Gasteiger partial charge is 0.497 e. The Hall–Kier alpha value is -9.53. The Morgan fingerprint density at radius 1 is 0.703 bits per heavy atom. The van der Waals surface area contributed by atoms with E-state index in [0.717, 1.165) is 5.56 Å². The van der Waals surface area contributed by atoms with Crippen molar-refractivity contribution in [3.8, 4) is 23.3 Å². The number of benzene rings is 6. The molecule has 10 aromatic rings. The number of phosphoric ester groups is 1. The van der Waals surface area contributed by atoms with Gasteiger partial charge in [-0.05, 0) is 131 Å². The van der Waals surface area contributed by atoms with Crippen LogP contribution in [-0.4, -0.2) is 126 Å². The van der Waals surface area contributed by atoms with Gasteiger partial charge in [-0.3, -0.25) is 47.1 Å². The first-order valence-corrected chi connectivity index (χ1v) is 39.4. The number of hydrogen-bond acceptors (Lipinski definition) is 22. The number of nitriles is 1. The third kappa shape index (κ3) is 17.6. The molecular weight excluding hydrogens is 1510 g/mol. The molecule has 3 aliphatic rings. The second-order valence-electron chi connectivity index (χ2n) is 27.5. The number of hydrogen-bond donors (Lipinski definition) is 3. The van der Waals surface area contributed by atoms with Crippen LogP contribution >= 0.6 is 39.6 Å². The number of amides is 1. The van der Waals surface area contributed by atoms with E-state index in [2.05, 4.69) is 26.3 Å². The lowest BCUT2D eigenvalue weighted by Gasteiger charge is -2.39. The lowest BCUT2D eigenvalue weighted by Crippen LogP contribution is -2.41. The van der Waals surface area contributed by atoms with Gasteiger partial charge in [0.25, 0.3) is 25.6 Å². The van der Waals surface area contributed by atoms with Gasteiger partial charge in [-0.2, -0.15) is 5.26 Å². The maximum Gasteiger partial charge on any atom is 0.530 e. The molecule has 3 N–H and O–H groups in total. The van der Waals surface area contributed by atoms with Gasteiger partial charge in [-0.1, -0.05) is 120 Å². The van der Waals surface area contributed by atoms with Crippen LogP contribution in [0, 0.1) is 31.1 Å². The van der Waals surface area contributed by atoms with Crippen molar-refractivity contribution in [3.63, 3.8) is 0 Å². The zero-order chi connectivity index (χ0) is 78.3. The summed E-state index contributed by atoms with van der Waals surface area (Å²) in [6, 6.07) is 48.7. The SMILES string of the molecule is COc1ccc(C(OC[C@@H]2O[C@@H](n3cnc4c(NC(=O)c5ccccc5)ncnc43)C[C@H]2C(c2cccc(Cl)c2)[C@H]2O[C@@H](n3cc(C)c(=O)[nH]c3=O)C[C@@H]2OP(=O)(OCC2OC(n3cc(C)c(=O)[nH]c3=O)CC2OP(OCCC#N)N(C(C)C)C(C)C)Oc2ccccc2Cl)(c2ccccc2)c2ccc(OC)cc2)cc1. The summed E-state index contributed by atoms with van der Waals surface area (Å²) < 4.78 is 97.4. The number of anilines is 1. The number of ether oxygens (including phenoxy) is 6. The number of phosphoric acid groups is 1. The van der Waals surface area contributed by atoms with Crippen molar-refractivity contribution in [1.29, 1.82) is 5.26 Å². The van der Waals surface area contributed by atoms with Gasteiger partial charge in [-0.25, -0.2) is 33.8 Å². The minimum atomic E-state index is -5.24. The number of carbonyl (C=O) groups is 1. The molecule has 3 saturated heterocycles. The largest absolute Gasteiger partial charge is 0.530 e. The highest BCUT2D eigenvalue weighted by Crippen LogP contribution is 2.59. The van der Waals surface area contributed by atoms with Gasteiger partial charge in [0, 0.05) is 70.9 Å². The Bertz CT molecular complexity index is 5210. The van der Waals surface area contributed by atoms with E-state index in [1.165, 1.54) is 46.9 Å². The van der Waals surface area contributed by atoms with E-state index in [-0.39, 0.29) is 84.2 Å². The van der Waals surface area contributed by atoms with Gasteiger partial charge in [-0.15, -0.1) is 0 Å². The van der Waals surface area contributed by atoms with Crippen LogP contribution in [0.2, 0.25) is 10.0 Å². The summed E-state index contributed by atoms with van der Waals surface area (Å²) in [5.74, 6) is -1.04. The molecule has 3 fully saturated rings. The number of rotatable bonds is 31. The number of aromatic nitrogens is 8. The van der Waals surface area contributed by atoms with Crippen LogP contribution in [0.3, 0.4) is 0 Å². The Morgan fingerprint density at radius 2 is 1.29 bits per heavy atom. The van der Waals surface area contributed by atoms with E-state index in [4.69, 9.17) is 84.2 Å². The number of fused-ring (bicyclic) bond motifs is 1. The Labute approximate surface area is 650 Å². The number of nitrogens with zero attached hydrogens (tertiary/aromatic N) is 8. The van der Waals surface area contributed by atoms with E-state index in [9.17, 15) is 29.2 Å². The number of H-pyrrole nitrogens is 2. The Morgan fingerprint density at radius 3 is 1.90 bits per heavy atom. The third-order valence-electron chi connectivity index (χ3n) is 19.7. The molecule has 32 heteroatoms. The summed E-state index contributed by atoms with van der Waals surface area (Å²) in [5, 5.41) is 12.9. The van der Waals surface area contributed by atoms with Crippen LogP contribution in [-0.2, 0) is 47.2 Å². The molecule has 6 aromatic carbocycles. The number of methoxy groups -OCH3 is 2. The standard InChI is InChI=1S/C79H83Cl2N11O17P2/c1-47(2)92(48(3)4)110(102-36-18-35-82)107-62-39-67(89-41-49(5)74(93)87-77(89)96)105-65(62)44-103-111(98,108-61-26-16-15-25-60(61)81)109-63-40-68(90-42-50(6)75(94)88-78(90)97)106-71(63)69(52-21-17-24-56(80)37-52)59-38-66(91-46-85-70-72(83-45-84-73(70)91)86-76(95)51-19-11-9-12-20-51)104-64(59)43-101-79(53-22-13-10-14-23-53,54-27-31-57(99-7)32-28-54)55-29-33-58(100-8)34-30-55/h9-17,19-34,37,41-42,45-48,59,62-69,71H,18,36,38-40,43-44H2,1-8H3,(H,87,93,96)(H,88,94,97)(H,83,84,86,95)/t59-,62?,63+,64+,65?,66-,67?,68-,69?,71+,110?,111?/m1/s1. The fourth-order valence-corrected chi connectivity index (χ4v) is 18.1. The van der Waals surface area contributed by atoms with Gasteiger partial charge < -0.3 is 47.3 Å². The van der Waals surface area contributed by atoms with Crippen molar-refractivity contribution in [1.82, 2.24) is 43.3 Å². The molecule has 13 rings (SSSR count). The molecule has 3 aliphatic heterocycles. The number of nitrogens with one attached hydrogen (secondary N) is 3. The number of para-hydroxylation sites is 1. The highest BCUT2D eigenvalue weighted by molar-refractivity contribution is 7.49. The first-order valence-electron chi connectivity index (χ1n) is 36.1. The monoisotopic (exact) mass is 1590 g/mol. The lowest BCUT2D eigenvalue weighted by atomic mass is 9.76. The maximum absolute atomic E-state index is 16.8. The van der Waals surface area contributed by atoms with Crippen molar-refractivity contribution >= 4 is 62.4 Å². The van der Waals surface area contributed by atoms with Crippen LogP contribution < -0.4 is 41.8 Å². The molecule has 0 saturated carbocycles. The molecule has 580 valence electrons. The molecule has 0 radical (unpaired) electrons. The second kappa shape index (κ2) is 35.0. The molecule has 1 amide bonds. The normalized spacial score (nSPS) is 21.0. The van der Waals surface area contributed by atoms with Crippen molar-refractivity contribution in [2.75, 3.05) is 39.4 Å². The number of carbonyl (C=O) groups excluding carboxylic acids is 1. The van der Waals surface area contributed by atoms with Crippen molar-refractivity contribution < 1.29 is 60.4 Å². The maximum atomic E-state index is 16.8. The molecule has 4 aromatic heterocycles. The molecule has 7 heterocycles. The van der Waals surface area contributed by atoms with E-state index in [0.29, 0.717) is 44.4 Å². The summed E-state index contributed by atoms with van der Waals surface area (Å²) in [5.41, 5.74) is -0.264. The Kier molecular flexibility index (Phi) is 25.1. The zero-order valence-corrected chi connectivity index (χ0v) is 65.2. The van der Waals surface area contributed by atoms with Crippen LogP contribution in [0.4, 0.5) is 5.82 Å².